The van der Waals surface area contributed by atoms with Gasteiger partial charge in [0.05, 0.1) is 17.3 Å². The van der Waals surface area contributed by atoms with E-state index in [1.807, 2.05) is 49.4 Å². The van der Waals surface area contributed by atoms with Crippen molar-refractivity contribution < 1.29 is 4.79 Å². The number of carbonyl (C=O) groups is 1. The van der Waals surface area contributed by atoms with Gasteiger partial charge in [-0.3, -0.25) is 14.8 Å². The van der Waals surface area contributed by atoms with Crippen LogP contribution in [-0.4, -0.2) is 15.9 Å². The van der Waals surface area contributed by atoms with E-state index < -0.39 is 0 Å². The molecule has 1 atom stereocenters. The van der Waals surface area contributed by atoms with Crippen LogP contribution in [0.5, 0.6) is 0 Å². The molecule has 126 valence electrons. The molecule has 5 heteroatoms. The summed E-state index contributed by atoms with van der Waals surface area (Å²) in [6.45, 7) is 2.59. The van der Waals surface area contributed by atoms with Gasteiger partial charge in [-0.2, -0.15) is 0 Å². The lowest BCUT2D eigenvalue weighted by atomic mass is 10.1. The van der Waals surface area contributed by atoms with Crippen molar-refractivity contribution in [3.63, 3.8) is 0 Å². The molecule has 0 radical (unpaired) electrons. The largest absolute Gasteiger partial charge is 0.380 e. The molecule has 1 unspecified atom stereocenters. The third-order valence-corrected chi connectivity index (χ3v) is 3.87. The van der Waals surface area contributed by atoms with Crippen molar-refractivity contribution in [3.05, 3.63) is 90.0 Å². The topological polar surface area (TPSA) is 66.9 Å². The van der Waals surface area contributed by atoms with Gasteiger partial charge in [-0.25, -0.2) is 0 Å². The summed E-state index contributed by atoms with van der Waals surface area (Å²) in [5.41, 5.74) is 3.45. The number of rotatable bonds is 6. The van der Waals surface area contributed by atoms with E-state index in [1.54, 1.807) is 30.9 Å². The van der Waals surface area contributed by atoms with E-state index in [4.69, 9.17) is 0 Å². The van der Waals surface area contributed by atoms with Gasteiger partial charge >= 0.3 is 0 Å². The molecule has 3 aromatic rings. The lowest BCUT2D eigenvalue weighted by molar-refractivity contribution is 0.0939. The summed E-state index contributed by atoms with van der Waals surface area (Å²) in [4.78, 5) is 20.7. The van der Waals surface area contributed by atoms with Crippen molar-refractivity contribution >= 4 is 11.6 Å². The predicted molar refractivity (Wildman–Crippen MR) is 98.1 cm³/mol. The molecule has 0 aliphatic heterocycles. The van der Waals surface area contributed by atoms with E-state index in [2.05, 4.69) is 20.6 Å². The molecule has 0 aliphatic carbocycles. The first-order valence-electron chi connectivity index (χ1n) is 8.16. The minimum atomic E-state index is -0.145. The van der Waals surface area contributed by atoms with Crippen molar-refractivity contribution in [1.82, 2.24) is 15.3 Å². The Labute approximate surface area is 147 Å². The molecule has 0 spiro atoms. The van der Waals surface area contributed by atoms with E-state index in [0.29, 0.717) is 12.1 Å². The Bertz CT molecular complexity index is 821. The highest BCUT2D eigenvalue weighted by atomic mass is 16.1. The van der Waals surface area contributed by atoms with E-state index in [1.165, 1.54) is 0 Å². The number of carbonyl (C=O) groups excluding carboxylic acids is 1. The standard InChI is InChI=1S/C20H20N4O/c1-15(17-7-3-2-4-8-17)24-20(25)18-10-19(14-22-13-18)23-12-16-6-5-9-21-11-16/h2-11,13-15,23H,12H2,1H3,(H,24,25). The number of nitrogens with zero attached hydrogens (tertiary/aromatic N) is 2. The number of aromatic nitrogens is 2. The van der Waals surface area contributed by atoms with Gasteiger partial charge < -0.3 is 10.6 Å². The van der Waals surface area contributed by atoms with Crippen LogP contribution in [0.2, 0.25) is 0 Å². The number of nitrogens with one attached hydrogen (secondary N) is 2. The quantitative estimate of drug-likeness (QED) is 0.724. The summed E-state index contributed by atoms with van der Waals surface area (Å²) >= 11 is 0. The maximum atomic E-state index is 12.5. The summed E-state index contributed by atoms with van der Waals surface area (Å²) in [6.07, 6.45) is 6.82. The SMILES string of the molecule is CC(NC(=O)c1cncc(NCc2cccnc2)c1)c1ccccc1. The average molecular weight is 332 g/mol. The second kappa shape index (κ2) is 8.06. The zero-order valence-electron chi connectivity index (χ0n) is 14.0. The molecule has 1 amide bonds. The van der Waals surface area contributed by atoms with Crippen LogP contribution >= 0.6 is 0 Å². The first kappa shape index (κ1) is 16.6. The van der Waals surface area contributed by atoms with Gasteiger partial charge in [0.25, 0.3) is 5.91 Å². The van der Waals surface area contributed by atoms with Crippen LogP contribution in [0.4, 0.5) is 5.69 Å². The molecule has 0 saturated heterocycles. The molecule has 0 bridgehead atoms. The van der Waals surface area contributed by atoms with Crippen LogP contribution in [0.25, 0.3) is 0 Å². The third-order valence-electron chi connectivity index (χ3n) is 3.87. The summed E-state index contributed by atoms with van der Waals surface area (Å²) in [5.74, 6) is -0.145. The maximum absolute atomic E-state index is 12.5. The van der Waals surface area contributed by atoms with E-state index in [-0.39, 0.29) is 11.9 Å². The predicted octanol–water partition coefficient (Wildman–Crippen LogP) is 3.58. The smallest absolute Gasteiger partial charge is 0.253 e. The highest BCUT2D eigenvalue weighted by molar-refractivity contribution is 5.94. The molecule has 3 rings (SSSR count). The van der Waals surface area contributed by atoms with Gasteiger partial charge in [-0.15, -0.1) is 0 Å². The van der Waals surface area contributed by atoms with E-state index in [0.717, 1.165) is 16.8 Å². The molecular weight excluding hydrogens is 312 g/mol. The molecule has 0 aliphatic rings. The third kappa shape index (κ3) is 4.64. The van der Waals surface area contributed by atoms with Gasteiger partial charge in [0, 0.05) is 31.3 Å². The number of benzene rings is 1. The van der Waals surface area contributed by atoms with Gasteiger partial charge in [-0.05, 0) is 30.2 Å². The molecule has 2 heterocycles. The molecular formula is C20H20N4O. The van der Waals surface area contributed by atoms with Gasteiger partial charge in [-0.1, -0.05) is 36.4 Å². The lowest BCUT2D eigenvalue weighted by Gasteiger charge is -2.14. The summed E-state index contributed by atoms with van der Waals surface area (Å²) in [5, 5.41) is 6.26. The van der Waals surface area contributed by atoms with E-state index in [9.17, 15) is 4.79 Å². The van der Waals surface area contributed by atoms with Crippen molar-refractivity contribution in [1.29, 1.82) is 0 Å². The molecule has 2 N–H and O–H groups in total. The lowest BCUT2D eigenvalue weighted by Crippen LogP contribution is -2.26. The molecule has 1 aromatic carbocycles. The number of anilines is 1. The fourth-order valence-corrected chi connectivity index (χ4v) is 2.47. The molecule has 0 saturated carbocycles. The minimum Gasteiger partial charge on any atom is -0.380 e. The Hall–Kier alpha value is -3.21. The normalized spacial score (nSPS) is 11.6. The summed E-state index contributed by atoms with van der Waals surface area (Å²) < 4.78 is 0. The van der Waals surface area contributed by atoms with Crippen LogP contribution in [0.1, 0.15) is 34.5 Å². The Morgan fingerprint density at radius 1 is 1.04 bits per heavy atom. The zero-order chi connectivity index (χ0) is 17.5. The number of pyridine rings is 2. The van der Waals surface area contributed by atoms with Gasteiger partial charge in [0.15, 0.2) is 0 Å². The average Bonchev–Trinajstić information content (AvgIpc) is 2.68. The van der Waals surface area contributed by atoms with Crippen LogP contribution in [-0.2, 0) is 6.54 Å². The van der Waals surface area contributed by atoms with Gasteiger partial charge in [0.1, 0.15) is 0 Å². The first-order chi connectivity index (χ1) is 12.2. The Morgan fingerprint density at radius 2 is 1.88 bits per heavy atom. The Kier molecular flexibility index (Phi) is 5.36. The van der Waals surface area contributed by atoms with Crippen molar-refractivity contribution in [2.24, 2.45) is 0 Å². The second-order valence-corrected chi connectivity index (χ2v) is 5.78. The minimum absolute atomic E-state index is 0.0688. The van der Waals surface area contributed by atoms with Crippen molar-refractivity contribution in [3.8, 4) is 0 Å². The molecule has 2 aromatic heterocycles. The Morgan fingerprint density at radius 3 is 2.64 bits per heavy atom. The number of amides is 1. The van der Waals surface area contributed by atoms with Crippen LogP contribution in [0, 0.1) is 0 Å². The molecule has 5 nitrogen and oxygen atoms in total. The highest BCUT2D eigenvalue weighted by Gasteiger charge is 2.12. The zero-order valence-corrected chi connectivity index (χ0v) is 14.0. The number of hydrogen-bond donors (Lipinski definition) is 2. The molecule has 25 heavy (non-hydrogen) atoms. The second-order valence-electron chi connectivity index (χ2n) is 5.78. The maximum Gasteiger partial charge on any atom is 0.253 e. The van der Waals surface area contributed by atoms with Crippen molar-refractivity contribution in [2.75, 3.05) is 5.32 Å². The van der Waals surface area contributed by atoms with Gasteiger partial charge in [0.2, 0.25) is 0 Å². The fourth-order valence-electron chi connectivity index (χ4n) is 2.47. The summed E-state index contributed by atoms with van der Waals surface area (Å²) in [7, 11) is 0. The van der Waals surface area contributed by atoms with Crippen LogP contribution in [0.3, 0.4) is 0 Å². The van der Waals surface area contributed by atoms with Crippen LogP contribution < -0.4 is 10.6 Å². The molecule has 0 fully saturated rings. The Balaban J connectivity index is 1.63. The first-order valence-corrected chi connectivity index (χ1v) is 8.16. The summed E-state index contributed by atoms with van der Waals surface area (Å²) in [6, 6.07) is 15.5. The van der Waals surface area contributed by atoms with Crippen LogP contribution in [0.15, 0.2) is 73.3 Å². The van der Waals surface area contributed by atoms with Crippen molar-refractivity contribution in [2.45, 2.75) is 19.5 Å². The van der Waals surface area contributed by atoms with E-state index >= 15 is 0 Å². The monoisotopic (exact) mass is 332 g/mol. The fraction of sp³-hybridized carbons (Fsp3) is 0.150. The number of hydrogen-bond acceptors (Lipinski definition) is 4. The highest BCUT2D eigenvalue weighted by Crippen LogP contribution is 2.14.